The van der Waals surface area contributed by atoms with E-state index in [1.54, 1.807) is 18.3 Å². The van der Waals surface area contributed by atoms with Gasteiger partial charge in [-0.3, -0.25) is 4.79 Å². The van der Waals surface area contributed by atoms with E-state index in [-0.39, 0.29) is 5.91 Å². The van der Waals surface area contributed by atoms with Crippen molar-refractivity contribution in [1.29, 1.82) is 0 Å². The molecule has 106 valence electrons. The van der Waals surface area contributed by atoms with Crippen LogP contribution in [0.2, 0.25) is 0 Å². The van der Waals surface area contributed by atoms with E-state index in [1.807, 2.05) is 25.3 Å². The Morgan fingerprint density at radius 2 is 2.20 bits per heavy atom. The van der Waals surface area contributed by atoms with Gasteiger partial charge in [-0.25, -0.2) is 4.98 Å². The number of aryl methyl sites for hydroxylation is 1. The van der Waals surface area contributed by atoms with Crippen molar-refractivity contribution in [3.8, 4) is 0 Å². The van der Waals surface area contributed by atoms with Crippen molar-refractivity contribution in [1.82, 2.24) is 14.9 Å². The maximum absolute atomic E-state index is 12.0. The number of nitrogen functional groups attached to an aromatic ring is 1. The molecule has 1 amide bonds. The van der Waals surface area contributed by atoms with Gasteiger partial charge in [0.05, 0.1) is 5.56 Å². The Morgan fingerprint density at radius 1 is 1.45 bits per heavy atom. The third-order valence-electron chi connectivity index (χ3n) is 3.25. The molecule has 5 heteroatoms. The highest BCUT2D eigenvalue weighted by Crippen LogP contribution is 2.10. The number of nitrogens with zero attached hydrogens (tertiary/aromatic N) is 2. The van der Waals surface area contributed by atoms with E-state index in [9.17, 15) is 4.79 Å². The molecule has 0 spiro atoms. The Balaban J connectivity index is 1.87. The molecule has 1 aromatic heterocycles. The van der Waals surface area contributed by atoms with Crippen molar-refractivity contribution < 1.29 is 4.79 Å². The standard InChI is InChI=1S/C15H20N4O/c1-11(10-19-8-7-17-12(19)2)9-18-15(20)13-5-3-4-6-14(13)16/h3-8,11H,9-10,16H2,1-2H3,(H,18,20). The van der Waals surface area contributed by atoms with Crippen LogP contribution in [0.15, 0.2) is 36.7 Å². The van der Waals surface area contributed by atoms with Gasteiger partial charge in [0.2, 0.25) is 0 Å². The summed E-state index contributed by atoms with van der Waals surface area (Å²) in [7, 11) is 0. The smallest absolute Gasteiger partial charge is 0.253 e. The van der Waals surface area contributed by atoms with Crippen LogP contribution in [0.3, 0.4) is 0 Å². The van der Waals surface area contributed by atoms with Crippen LogP contribution < -0.4 is 11.1 Å². The molecule has 3 N–H and O–H groups in total. The van der Waals surface area contributed by atoms with Crippen molar-refractivity contribution >= 4 is 11.6 Å². The molecule has 0 saturated heterocycles. The molecule has 2 rings (SSSR count). The Bertz CT molecular complexity index is 591. The maximum Gasteiger partial charge on any atom is 0.253 e. The number of hydrogen-bond donors (Lipinski definition) is 2. The predicted molar refractivity (Wildman–Crippen MR) is 79.3 cm³/mol. The average Bonchev–Trinajstić information content (AvgIpc) is 2.82. The van der Waals surface area contributed by atoms with E-state index in [2.05, 4.69) is 21.8 Å². The van der Waals surface area contributed by atoms with Gasteiger partial charge < -0.3 is 15.6 Å². The van der Waals surface area contributed by atoms with Gasteiger partial charge >= 0.3 is 0 Å². The number of carbonyl (C=O) groups excluding carboxylic acids is 1. The molecule has 0 fully saturated rings. The summed E-state index contributed by atoms with van der Waals surface area (Å²) in [6, 6.07) is 7.09. The van der Waals surface area contributed by atoms with Crippen molar-refractivity contribution in [3.63, 3.8) is 0 Å². The van der Waals surface area contributed by atoms with Gasteiger partial charge in [0, 0.05) is 31.2 Å². The second-order valence-corrected chi connectivity index (χ2v) is 5.03. The number of benzene rings is 1. The lowest BCUT2D eigenvalue weighted by Gasteiger charge is -2.15. The minimum atomic E-state index is -0.127. The van der Waals surface area contributed by atoms with Crippen LogP contribution in [0.5, 0.6) is 0 Å². The number of amides is 1. The van der Waals surface area contributed by atoms with Gasteiger partial charge in [-0.2, -0.15) is 0 Å². The number of nitrogens with two attached hydrogens (primary N) is 1. The van der Waals surface area contributed by atoms with Crippen LogP contribution >= 0.6 is 0 Å². The number of imidazole rings is 1. The quantitative estimate of drug-likeness (QED) is 0.816. The molecule has 1 heterocycles. The van der Waals surface area contributed by atoms with Crippen molar-refractivity contribution in [2.45, 2.75) is 20.4 Å². The highest BCUT2D eigenvalue weighted by molar-refractivity contribution is 5.99. The van der Waals surface area contributed by atoms with Crippen molar-refractivity contribution in [3.05, 3.63) is 48.0 Å². The summed E-state index contributed by atoms with van der Waals surface area (Å²) in [6.45, 7) is 5.49. The van der Waals surface area contributed by atoms with Crippen LogP contribution in [-0.2, 0) is 6.54 Å². The molecule has 0 aliphatic heterocycles. The fourth-order valence-corrected chi connectivity index (χ4v) is 2.06. The molecular formula is C15H20N4O. The lowest BCUT2D eigenvalue weighted by Crippen LogP contribution is -2.30. The molecule has 1 aromatic carbocycles. The highest BCUT2D eigenvalue weighted by Gasteiger charge is 2.11. The normalized spacial score (nSPS) is 12.1. The summed E-state index contributed by atoms with van der Waals surface area (Å²) >= 11 is 0. The molecule has 1 unspecified atom stereocenters. The van der Waals surface area contributed by atoms with E-state index in [1.165, 1.54) is 0 Å². The lowest BCUT2D eigenvalue weighted by molar-refractivity contribution is 0.0947. The van der Waals surface area contributed by atoms with Crippen LogP contribution in [0.1, 0.15) is 23.1 Å². The molecule has 0 radical (unpaired) electrons. The monoisotopic (exact) mass is 272 g/mol. The Kier molecular flexibility index (Phi) is 4.40. The number of nitrogens with one attached hydrogen (secondary N) is 1. The van der Waals surface area contributed by atoms with E-state index < -0.39 is 0 Å². The zero-order valence-corrected chi connectivity index (χ0v) is 11.8. The molecule has 1 atom stereocenters. The molecule has 20 heavy (non-hydrogen) atoms. The summed E-state index contributed by atoms with van der Waals surface area (Å²) in [5.74, 6) is 1.17. The van der Waals surface area contributed by atoms with Crippen molar-refractivity contribution in [2.24, 2.45) is 5.92 Å². The Morgan fingerprint density at radius 3 is 2.85 bits per heavy atom. The van der Waals surface area contributed by atoms with Gasteiger partial charge in [0.25, 0.3) is 5.91 Å². The predicted octanol–water partition coefficient (Wildman–Crippen LogP) is 1.84. The van der Waals surface area contributed by atoms with E-state index in [0.717, 1.165) is 12.4 Å². The second-order valence-electron chi connectivity index (χ2n) is 5.03. The van der Waals surface area contributed by atoms with Gasteiger partial charge in [-0.15, -0.1) is 0 Å². The fourth-order valence-electron chi connectivity index (χ4n) is 2.06. The summed E-state index contributed by atoms with van der Waals surface area (Å²) in [5, 5.41) is 2.92. The van der Waals surface area contributed by atoms with Crippen molar-refractivity contribution in [2.75, 3.05) is 12.3 Å². The SMILES string of the molecule is Cc1nccn1CC(C)CNC(=O)c1ccccc1N. The number of aromatic nitrogens is 2. The van der Waals surface area contributed by atoms with E-state index in [4.69, 9.17) is 5.73 Å². The number of rotatable bonds is 5. The number of anilines is 1. The van der Waals surface area contributed by atoms with Gasteiger partial charge in [0.15, 0.2) is 0 Å². The topological polar surface area (TPSA) is 72.9 Å². The Labute approximate surface area is 118 Å². The van der Waals surface area contributed by atoms with Gasteiger partial charge in [-0.05, 0) is 25.0 Å². The first-order chi connectivity index (χ1) is 9.58. The largest absolute Gasteiger partial charge is 0.398 e. The highest BCUT2D eigenvalue weighted by atomic mass is 16.1. The Hall–Kier alpha value is -2.30. The van der Waals surface area contributed by atoms with Crippen LogP contribution in [0.25, 0.3) is 0 Å². The number of para-hydroxylation sites is 1. The fraction of sp³-hybridized carbons (Fsp3) is 0.333. The lowest BCUT2D eigenvalue weighted by atomic mass is 10.1. The number of hydrogen-bond acceptors (Lipinski definition) is 3. The first-order valence-electron chi connectivity index (χ1n) is 6.68. The minimum absolute atomic E-state index is 0.127. The molecule has 0 bridgehead atoms. The first kappa shape index (κ1) is 14.1. The van der Waals surface area contributed by atoms with E-state index in [0.29, 0.717) is 23.7 Å². The first-order valence-corrected chi connectivity index (χ1v) is 6.68. The van der Waals surface area contributed by atoms with Crippen LogP contribution in [0, 0.1) is 12.8 Å². The summed E-state index contributed by atoms with van der Waals surface area (Å²) < 4.78 is 2.08. The molecule has 5 nitrogen and oxygen atoms in total. The van der Waals surface area contributed by atoms with Crippen LogP contribution in [-0.4, -0.2) is 22.0 Å². The second kappa shape index (κ2) is 6.23. The zero-order chi connectivity index (χ0) is 14.5. The molecule has 0 saturated carbocycles. The third-order valence-corrected chi connectivity index (χ3v) is 3.25. The van der Waals surface area contributed by atoms with Gasteiger partial charge in [0.1, 0.15) is 5.82 Å². The minimum Gasteiger partial charge on any atom is -0.398 e. The molecule has 2 aromatic rings. The third kappa shape index (κ3) is 3.38. The van der Waals surface area contributed by atoms with Gasteiger partial charge in [-0.1, -0.05) is 19.1 Å². The average molecular weight is 272 g/mol. The number of carbonyl (C=O) groups is 1. The zero-order valence-electron chi connectivity index (χ0n) is 11.8. The molecule has 0 aliphatic carbocycles. The summed E-state index contributed by atoms with van der Waals surface area (Å²) in [6.07, 6.45) is 3.73. The van der Waals surface area contributed by atoms with Crippen LogP contribution in [0.4, 0.5) is 5.69 Å². The van der Waals surface area contributed by atoms with E-state index >= 15 is 0 Å². The molecular weight excluding hydrogens is 252 g/mol. The maximum atomic E-state index is 12.0. The summed E-state index contributed by atoms with van der Waals surface area (Å²) in [4.78, 5) is 16.2. The summed E-state index contributed by atoms with van der Waals surface area (Å²) in [5.41, 5.74) is 6.81. The molecule has 0 aliphatic rings.